The van der Waals surface area contributed by atoms with E-state index in [2.05, 4.69) is 0 Å². The maximum absolute atomic E-state index is 13.0. The molecule has 2 saturated heterocycles. The number of benzene rings is 3. The molecule has 0 spiro atoms. The molecule has 5 rings (SSSR count). The van der Waals surface area contributed by atoms with Gasteiger partial charge < -0.3 is 74.0 Å². The van der Waals surface area contributed by atoms with E-state index in [1.165, 1.54) is 92.1 Å². The van der Waals surface area contributed by atoms with E-state index in [-0.39, 0.29) is 23.0 Å². The topological polar surface area (TPSA) is 278 Å². The summed E-state index contributed by atoms with van der Waals surface area (Å²) in [6, 6.07) is 15.9. The van der Waals surface area contributed by atoms with Crippen LogP contribution >= 0.6 is 0 Å². The zero-order chi connectivity index (χ0) is 42.0. The summed E-state index contributed by atoms with van der Waals surface area (Å²) < 4.78 is 38.3. The molecule has 2 heterocycles. The van der Waals surface area contributed by atoms with Gasteiger partial charge in [-0.05, 0) is 71.3 Å². The van der Waals surface area contributed by atoms with E-state index < -0.39 is 92.5 Å². The van der Waals surface area contributed by atoms with Crippen molar-refractivity contribution in [2.45, 2.75) is 54.8 Å². The number of hydrogen-bond acceptors (Lipinski definition) is 18. The summed E-state index contributed by atoms with van der Waals surface area (Å²) in [4.78, 5) is 38.1. The number of carbonyl (C=O) groups excluding carboxylic acids is 3. The van der Waals surface area contributed by atoms with Gasteiger partial charge in [0.25, 0.3) is 0 Å². The lowest BCUT2D eigenvalue weighted by atomic mass is 9.98. The van der Waals surface area contributed by atoms with Crippen LogP contribution in [0.1, 0.15) is 16.7 Å². The Balaban J connectivity index is 1.31. The highest BCUT2D eigenvalue weighted by Gasteiger charge is 2.61. The largest absolute Gasteiger partial charge is 0.508 e. The first-order chi connectivity index (χ1) is 27.7. The Labute approximate surface area is 330 Å². The van der Waals surface area contributed by atoms with Gasteiger partial charge in [-0.15, -0.1) is 0 Å². The number of phenolic OH excluding ortho intramolecular Hbond substituents is 3. The highest BCUT2D eigenvalue weighted by atomic mass is 16.8. The summed E-state index contributed by atoms with van der Waals surface area (Å²) >= 11 is 0. The molecule has 18 nitrogen and oxygen atoms in total. The van der Waals surface area contributed by atoms with Gasteiger partial charge >= 0.3 is 17.9 Å². The second kappa shape index (κ2) is 19.5. The Morgan fingerprint density at radius 2 is 1.19 bits per heavy atom. The number of methoxy groups -OCH3 is 1. The minimum atomic E-state index is -2.57. The van der Waals surface area contributed by atoms with Gasteiger partial charge in [0, 0.05) is 18.2 Å². The van der Waals surface area contributed by atoms with Crippen LogP contribution in [0, 0.1) is 0 Å². The molecule has 3 aromatic carbocycles. The Kier molecular flexibility index (Phi) is 14.6. The summed E-state index contributed by atoms with van der Waals surface area (Å²) in [6.45, 7) is -2.56. The van der Waals surface area contributed by atoms with E-state index >= 15 is 0 Å². The van der Waals surface area contributed by atoms with E-state index in [4.69, 9.17) is 33.2 Å². The van der Waals surface area contributed by atoms with E-state index in [9.17, 15) is 55.2 Å². The van der Waals surface area contributed by atoms with E-state index in [0.717, 1.165) is 18.2 Å². The SMILES string of the molecule is COc1cc(/C=C/C(=O)OC[C@H]2O[C@H](O[C@]3(CO)O[C@H](COC(=O)/C=C/c4ccc(O)cc4)[C@@H](O)[C@@H]3OC(=O)/C=C/c3ccc(O)cc3)[C@H](O)[C@@H](O)[C@@H]2O)ccc1O. The van der Waals surface area contributed by atoms with Crippen LogP contribution in [-0.4, -0.2) is 140 Å². The van der Waals surface area contributed by atoms with Crippen LogP contribution in [0.5, 0.6) is 23.0 Å². The molecule has 0 amide bonds. The van der Waals surface area contributed by atoms with E-state index in [1.807, 2.05) is 0 Å². The number of rotatable bonds is 15. The van der Waals surface area contributed by atoms with Crippen molar-refractivity contribution in [3.05, 3.63) is 102 Å². The number of aliphatic hydroxyl groups is 5. The summed E-state index contributed by atoms with van der Waals surface area (Å²) in [5, 5.41) is 83.1. The molecule has 3 aromatic rings. The van der Waals surface area contributed by atoms with Crippen LogP contribution in [0.25, 0.3) is 18.2 Å². The third-order valence-electron chi connectivity index (χ3n) is 8.93. The molecule has 58 heavy (non-hydrogen) atoms. The van der Waals surface area contributed by atoms with Gasteiger partial charge in [-0.25, -0.2) is 14.4 Å². The van der Waals surface area contributed by atoms with Crippen LogP contribution in [0.4, 0.5) is 0 Å². The van der Waals surface area contributed by atoms with Crippen LogP contribution in [0.3, 0.4) is 0 Å². The smallest absolute Gasteiger partial charge is 0.331 e. The molecule has 0 aliphatic carbocycles. The fraction of sp³-hybridized carbons (Fsp3) is 0.325. The molecule has 2 fully saturated rings. The van der Waals surface area contributed by atoms with Crippen molar-refractivity contribution >= 4 is 36.1 Å². The predicted molar refractivity (Wildman–Crippen MR) is 198 cm³/mol. The zero-order valence-electron chi connectivity index (χ0n) is 30.7. The van der Waals surface area contributed by atoms with Gasteiger partial charge in [-0.2, -0.15) is 0 Å². The van der Waals surface area contributed by atoms with E-state index in [0.29, 0.717) is 16.7 Å². The first-order valence-electron chi connectivity index (χ1n) is 17.6. The Morgan fingerprint density at radius 1 is 0.672 bits per heavy atom. The minimum absolute atomic E-state index is 0.0149. The molecule has 18 heteroatoms. The highest BCUT2D eigenvalue weighted by molar-refractivity contribution is 5.88. The van der Waals surface area contributed by atoms with Gasteiger partial charge in [0.1, 0.15) is 67.9 Å². The lowest BCUT2D eigenvalue weighted by Gasteiger charge is -2.43. The molecule has 310 valence electrons. The summed E-state index contributed by atoms with van der Waals surface area (Å²) in [5.74, 6) is -5.43. The summed E-state index contributed by atoms with van der Waals surface area (Å²) in [6.07, 6.45) is -7.64. The molecule has 8 N–H and O–H groups in total. The summed E-state index contributed by atoms with van der Waals surface area (Å²) in [7, 11) is 1.35. The average molecular weight is 811 g/mol. The molecule has 0 radical (unpaired) electrons. The lowest BCUT2D eigenvalue weighted by Crippen LogP contribution is -2.63. The second-order valence-electron chi connectivity index (χ2n) is 13.0. The lowest BCUT2D eigenvalue weighted by molar-refractivity contribution is -0.383. The number of ether oxygens (including phenoxy) is 7. The fourth-order valence-corrected chi connectivity index (χ4v) is 5.80. The van der Waals surface area contributed by atoms with Gasteiger partial charge in [0.15, 0.2) is 23.9 Å². The van der Waals surface area contributed by atoms with Crippen molar-refractivity contribution in [2.24, 2.45) is 0 Å². The number of carbonyl (C=O) groups is 3. The predicted octanol–water partition coefficient (Wildman–Crippen LogP) is 0.523. The quantitative estimate of drug-likeness (QED) is 0.0590. The first kappa shape index (κ1) is 43.3. The van der Waals surface area contributed by atoms with Crippen molar-refractivity contribution in [3.63, 3.8) is 0 Å². The minimum Gasteiger partial charge on any atom is -0.508 e. The number of esters is 3. The van der Waals surface area contributed by atoms with Crippen molar-refractivity contribution in [1.29, 1.82) is 0 Å². The van der Waals surface area contributed by atoms with Crippen LogP contribution in [0.2, 0.25) is 0 Å². The molecule has 9 atom stereocenters. The fourth-order valence-electron chi connectivity index (χ4n) is 5.80. The molecule has 0 saturated carbocycles. The molecular weight excluding hydrogens is 768 g/mol. The van der Waals surface area contributed by atoms with Crippen molar-refractivity contribution in [3.8, 4) is 23.0 Å². The average Bonchev–Trinajstić information content (AvgIpc) is 3.47. The maximum Gasteiger partial charge on any atom is 0.331 e. The normalized spacial score (nSPS) is 27.2. The molecule has 0 unspecified atom stereocenters. The van der Waals surface area contributed by atoms with Crippen LogP contribution in [0.15, 0.2) is 85.0 Å². The Hall–Kier alpha value is -5.83. The van der Waals surface area contributed by atoms with Crippen LogP contribution < -0.4 is 4.74 Å². The zero-order valence-corrected chi connectivity index (χ0v) is 30.7. The Morgan fingerprint density at radius 3 is 1.74 bits per heavy atom. The molecule has 0 bridgehead atoms. The standard InChI is InChI=1S/C40H42O18/c1-52-28-18-24(6-14-27(28)44)9-16-32(46)53-19-29-34(48)36(50)37(51)39(55-29)58-40(21-41)38(56-33(47)17-8-23-4-12-26(43)13-5-23)35(49)30(57-40)20-54-31(45)15-7-22-2-10-25(42)11-3-22/h2-18,29-30,34-39,41-44,48-51H,19-21H2,1H3/b15-7+,16-9+,17-8+/t29-,30-,34-,35-,36+,37-,38+,39-,40+/m1/s1. The summed E-state index contributed by atoms with van der Waals surface area (Å²) in [5.41, 5.74) is 1.48. The molecule has 2 aliphatic heterocycles. The van der Waals surface area contributed by atoms with Gasteiger partial charge in [0.2, 0.25) is 5.79 Å². The van der Waals surface area contributed by atoms with Gasteiger partial charge in [-0.3, -0.25) is 0 Å². The van der Waals surface area contributed by atoms with Gasteiger partial charge in [-0.1, -0.05) is 30.3 Å². The third kappa shape index (κ3) is 11.0. The molecular formula is C40H42O18. The van der Waals surface area contributed by atoms with Crippen molar-refractivity contribution < 1.29 is 88.4 Å². The molecule has 2 aliphatic rings. The molecule has 0 aromatic heterocycles. The van der Waals surface area contributed by atoms with Crippen molar-refractivity contribution in [2.75, 3.05) is 26.9 Å². The highest BCUT2D eigenvalue weighted by Crippen LogP contribution is 2.38. The third-order valence-corrected chi connectivity index (χ3v) is 8.93. The number of hydrogen-bond donors (Lipinski definition) is 8. The number of phenols is 3. The number of aromatic hydroxyl groups is 3. The first-order valence-corrected chi connectivity index (χ1v) is 17.6. The number of aliphatic hydroxyl groups excluding tert-OH is 5. The van der Waals surface area contributed by atoms with Gasteiger partial charge in [0.05, 0.1) is 7.11 Å². The monoisotopic (exact) mass is 810 g/mol. The van der Waals surface area contributed by atoms with E-state index in [1.54, 1.807) is 0 Å². The Bertz CT molecular complexity index is 1960. The van der Waals surface area contributed by atoms with Crippen LogP contribution in [-0.2, 0) is 42.8 Å². The van der Waals surface area contributed by atoms with Crippen molar-refractivity contribution in [1.82, 2.24) is 0 Å². The second-order valence-corrected chi connectivity index (χ2v) is 13.0. The maximum atomic E-state index is 13.0.